The van der Waals surface area contributed by atoms with Gasteiger partial charge in [0.1, 0.15) is 17.6 Å². The summed E-state index contributed by atoms with van der Waals surface area (Å²) in [6.45, 7) is 5.25. The molecule has 0 aromatic heterocycles. The Morgan fingerprint density at radius 2 is 1.48 bits per heavy atom. The molecular weight excluding hydrogens is 372 g/mol. The summed E-state index contributed by atoms with van der Waals surface area (Å²) < 4.78 is 17.0. The third-order valence-corrected chi connectivity index (χ3v) is 5.40. The molecule has 29 heavy (non-hydrogen) atoms. The summed E-state index contributed by atoms with van der Waals surface area (Å²) in [4.78, 5) is 25.2. The lowest BCUT2D eigenvalue weighted by molar-refractivity contribution is -0.124. The highest BCUT2D eigenvalue weighted by atomic mass is 16.5. The van der Waals surface area contributed by atoms with E-state index in [4.69, 9.17) is 14.2 Å². The van der Waals surface area contributed by atoms with Gasteiger partial charge in [-0.1, -0.05) is 19.3 Å². The Bertz CT molecular complexity index is 709. The molecule has 1 heterocycles. The molecule has 3 rings (SSSR count). The molecule has 1 aromatic rings. The average Bonchev–Trinajstić information content (AvgIpc) is 3.27. The summed E-state index contributed by atoms with van der Waals surface area (Å²) in [7, 11) is 0. The fourth-order valence-corrected chi connectivity index (χ4v) is 3.90. The number of hydrogen-bond donors (Lipinski definition) is 2. The molecule has 1 atom stereocenters. The van der Waals surface area contributed by atoms with Crippen molar-refractivity contribution in [2.75, 3.05) is 30.5 Å². The van der Waals surface area contributed by atoms with Crippen LogP contribution in [0.25, 0.3) is 0 Å². The van der Waals surface area contributed by atoms with Gasteiger partial charge in [0.05, 0.1) is 24.6 Å². The molecule has 160 valence electrons. The first kappa shape index (κ1) is 21.4. The predicted molar refractivity (Wildman–Crippen MR) is 112 cm³/mol. The molecule has 2 aliphatic rings. The van der Waals surface area contributed by atoms with E-state index >= 15 is 0 Å². The van der Waals surface area contributed by atoms with E-state index in [2.05, 4.69) is 10.6 Å². The number of benzene rings is 1. The van der Waals surface area contributed by atoms with Gasteiger partial charge < -0.3 is 24.8 Å². The lowest BCUT2D eigenvalue weighted by Crippen LogP contribution is -2.27. The molecule has 1 aromatic carbocycles. The van der Waals surface area contributed by atoms with Crippen LogP contribution in [0.4, 0.5) is 11.4 Å². The van der Waals surface area contributed by atoms with Crippen LogP contribution >= 0.6 is 0 Å². The summed E-state index contributed by atoms with van der Waals surface area (Å²) in [5.74, 6) is 0.880. The Balaban J connectivity index is 1.82. The number of anilines is 2. The largest absolute Gasteiger partial charge is 0.492 e. The summed E-state index contributed by atoms with van der Waals surface area (Å²) in [5.41, 5.74) is 1.09. The van der Waals surface area contributed by atoms with Crippen molar-refractivity contribution in [2.45, 2.75) is 64.9 Å². The van der Waals surface area contributed by atoms with Crippen molar-refractivity contribution in [3.63, 3.8) is 0 Å². The number of hydrogen-bond acceptors (Lipinski definition) is 5. The lowest BCUT2D eigenvalue weighted by Gasteiger charge is -2.23. The van der Waals surface area contributed by atoms with Crippen molar-refractivity contribution in [2.24, 2.45) is 5.92 Å². The highest BCUT2D eigenvalue weighted by Gasteiger charge is 2.26. The summed E-state index contributed by atoms with van der Waals surface area (Å²) in [6.07, 6.45) is 6.38. The highest BCUT2D eigenvalue weighted by Crippen LogP contribution is 2.38. The van der Waals surface area contributed by atoms with Crippen molar-refractivity contribution >= 4 is 23.2 Å². The van der Waals surface area contributed by atoms with Crippen molar-refractivity contribution in [1.82, 2.24) is 0 Å². The second-order valence-electron chi connectivity index (χ2n) is 7.53. The van der Waals surface area contributed by atoms with Gasteiger partial charge in [0.25, 0.3) is 5.91 Å². The lowest BCUT2D eigenvalue weighted by atomic mass is 9.88. The summed E-state index contributed by atoms with van der Waals surface area (Å²) >= 11 is 0. The molecule has 2 amide bonds. The first-order chi connectivity index (χ1) is 14.1. The summed E-state index contributed by atoms with van der Waals surface area (Å²) in [5, 5.41) is 5.92. The molecule has 7 nitrogen and oxygen atoms in total. The van der Waals surface area contributed by atoms with Crippen LogP contribution in [-0.2, 0) is 14.3 Å². The Kier molecular flexibility index (Phi) is 7.75. The van der Waals surface area contributed by atoms with Crippen LogP contribution in [0, 0.1) is 5.92 Å². The molecule has 2 fully saturated rings. The van der Waals surface area contributed by atoms with Crippen LogP contribution in [0.3, 0.4) is 0 Å². The van der Waals surface area contributed by atoms with Crippen LogP contribution in [0.2, 0.25) is 0 Å². The van der Waals surface area contributed by atoms with Gasteiger partial charge in [-0.05, 0) is 39.5 Å². The second-order valence-corrected chi connectivity index (χ2v) is 7.53. The number of nitrogens with one attached hydrogen (secondary N) is 2. The number of ether oxygens (including phenoxy) is 3. The second kappa shape index (κ2) is 10.5. The van der Waals surface area contributed by atoms with Gasteiger partial charge in [0, 0.05) is 24.7 Å². The van der Waals surface area contributed by atoms with E-state index in [1.54, 1.807) is 12.1 Å². The van der Waals surface area contributed by atoms with E-state index in [1.807, 2.05) is 13.8 Å². The normalized spacial score (nSPS) is 19.6. The van der Waals surface area contributed by atoms with E-state index < -0.39 is 6.10 Å². The van der Waals surface area contributed by atoms with Crippen molar-refractivity contribution in [3.8, 4) is 11.5 Å². The van der Waals surface area contributed by atoms with Gasteiger partial charge in [-0.2, -0.15) is 0 Å². The SMILES string of the molecule is CCOc1cc(NC(=O)[C@H]2CCCO2)c(OCC)cc1NC(=O)C1CCCCC1. The molecule has 1 saturated heterocycles. The average molecular weight is 405 g/mol. The van der Waals surface area contributed by atoms with Crippen LogP contribution < -0.4 is 20.1 Å². The molecule has 0 spiro atoms. The Morgan fingerprint density at radius 3 is 2.00 bits per heavy atom. The fourth-order valence-electron chi connectivity index (χ4n) is 3.90. The number of carbonyl (C=O) groups excluding carboxylic acids is 2. The van der Waals surface area contributed by atoms with Crippen molar-refractivity contribution < 1.29 is 23.8 Å². The van der Waals surface area contributed by atoms with E-state index in [1.165, 1.54) is 6.42 Å². The number of carbonyl (C=O) groups is 2. The van der Waals surface area contributed by atoms with Gasteiger partial charge in [0.2, 0.25) is 5.91 Å². The van der Waals surface area contributed by atoms with E-state index in [9.17, 15) is 9.59 Å². The quantitative estimate of drug-likeness (QED) is 0.681. The zero-order valence-corrected chi connectivity index (χ0v) is 17.4. The zero-order valence-electron chi connectivity index (χ0n) is 17.4. The third-order valence-electron chi connectivity index (χ3n) is 5.40. The van der Waals surface area contributed by atoms with Gasteiger partial charge in [-0.3, -0.25) is 9.59 Å². The molecule has 0 bridgehead atoms. The van der Waals surface area contributed by atoms with Gasteiger partial charge in [0.15, 0.2) is 0 Å². The minimum absolute atomic E-state index is 0.0178. The van der Waals surface area contributed by atoms with E-state index in [0.717, 1.165) is 32.1 Å². The minimum Gasteiger partial charge on any atom is -0.492 e. The minimum atomic E-state index is -0.439. The van der Waals surface area contributed by atoms with Gasteiger partial charge in [-0.25, -0.2) is 0 Å². The maximum atomic E-state index is 12.7. The van der Waals surface area contributed by atoms with Crippen molar-refractivity contribution in [3.05, 3.63) is 12.1 Å². The topological polar surface area (TPSA) is 85.9 Å². The van der Waals surface area contributed by atoms with Crippen LogP contribution in [0.1, 0.15) is 58.8 Å². The predicted octanol–water partition coefficient (Wildman–Crippen LogP) is 4.12. The number of amides is 2. The molecule has 0 radical (unpaired) electrons. The molecule has 1 aliphatic heterocycles. The molecule has 1 saturated carbocycles. The van der Waals surface area contributed by atoms with Crippen LogP contribution in [-0.4, -0.2) is 37.7 Å². The first-order valence-electron chi connectivity index (χ1n) is 10.8. The van der Waals surface area contributed by atoms with Crippen LogP contribution in [0.5, 0.6) is 11.5 Å². The van der Waals surface area contributed by atoms with Gasteiger partial charge >= 0.3 is 0 Å². The maximum Gasteiger partial charge on any atom is 0.253 e. The Morgan fingerprint density at radius 1 is 0.897 bits per heavy atom. The molecule has 7 heteroatoms. The highest BCUT2D eigenvalue weighted by molar-refractivity contribution is 5.98. The fraction of sp³-hybridized carbons (Fsp3) is 0.636. The standard InChI is InChI=1S/C22H32N2O5/c1-3-27-19-14-17(24-22(26)18-11-8-12-29-18)20(28-4-2)13-16(19)23-21(25)15-9-6-5-7-10-15/h13-15,18H,3-12H2,1-2H3,(H,23,25)(H,24,26)/t18-/m1/s1. The molecule has 1 aliphatic carbocycles. The zero-order chi connectivity index (χ0) is 20.6. The monoisotopic (exact) mass is 404 g/mol. The Labute approximate surface area is 172 Å². The van der Waals surface area contributed by atoms with Crippen molar-refractivity contribution in [1.29, 1.82) is 0 Å². The van der Waals surface area contributed by atoms with E-state index in [0.29, 0.717) is 49.1 Å². The first-order valence-corrected chi connectivity index (χ1v) is 10.8. The molecule has 2 N–H and O–H groups in total. The smallest absolute Gasteiger partial charge is 0.253 e. The van der Waals surface area contributed by atoms with E-state index in [-0.39, 0.29) is 17.7 Å². The summed E-state index contributed by atoms with van der Waals surface area (Å²) in [6, 6.07) is 3.46. The van der Waals surface area contributed by atoms with Gasteiger partial charge in [-0.15, -0.1) is 0 Å². The number of rotatable bonds is 8. The molecular formula is C22H32N2O5. The molecule has 0 unspecified atom stereocenters. The Hall–Kier alpha value is -2.28. The maximum absolute atomic E-state index is 12.7. The third kappa shape index (κ3) is 5.63. The van der Waals surface area contributed by atoms with Crippen LogP contribution in [0.15, 0.2) is 12.1 Å².